The van der Waals surface area contributed by atoms with Crippen LogP contribution in [0.4, 0.5) is 11.4 Å². The Balaban J connectivity index is 2.75. The minimum absolute atomic E-state index is 0.375. The summed E-state index contributed by atoms with van der Waals surface area (Å²) < 4.78 is 24.5. The van der Waals surface area contributed by atoms with Gasteiger partial charge in [0.1, 0.15) is 0 Å². The highest BCUT2D eigenvalue weighted by Gasteiger charge is 2.10. The van der Waals surface area contributed by atoms with Crippen LogP contribution in [0.2, 0.25) is 0 Å². The molecular weight excluding hydrogens is 250 g/mol. The lowest BCUT2D eigenvalue weighted by atomic mass is 10.1. The molecule has 0 amide bonds. The number of aryl methyl sites for hydroxylation is 1. The molecule has 0 heterocycles. The van der Waals surface area contributed by atoms with Gasteiger partial charge in [0.05, 0.1) is 17.6 Å². The second kappa shape index (κ2) is 6.06. The molecule has 1 aromatic rings. The number of hydrogen-bond acceptors (Lipinski definition) is 4. The maximum Gasteiger partial charge on any atom is 0.208 e. The van der Waals surface area contributed by atoms with Crippen LogP contribution in [0.5, 0.6) is 0 Å². The lowest BCUT2D eigenvalue weighted by molar-refractivity contribution is 0.587. The van der Waals surface area contributed by atoms with Crippen LogP contribution in [0, 0.1) is 6.92 Å². The number of nitrogens with two attached hydrogens (primary N) is 1. The molecule has 0 saturated heterocycles. The molecule has 0 atom stereocenters. The van der Waals surface area contributed by atoms with E-state index < -0.39 is 10.0 Å². The lowest BCUT2D eigenvalue weighted by Gasteiger charge is -2.25. The fourth-order valence-electron chi connectivity index (χ4n) is 1.76. The molecule has 5 nitrogen and oxygen atoms in total. The number of sulfonamides is 1. The summed E-state index contributed by atoms with van der Waals surface area (Å²) in [6, 6.07) is 5.86. The third-order valence-corrected chi connectivity index (χ3v) is 3.50. The van der Waals surface area contributed by atoms with E-state index in [0.717, 1.165) is 29.7 Å². The van der Waals surface area contributed by atoms with Crippen LogP contribution in [-0.2, 0) is 10.0 Å². The Morgan fingerprint density at radius 3 is 2.61 bits per heavy atom. The Kier molecular flexibility index (Phi) is 4.98. The van der Waals surface area contributed by atoms with E-state index in [-0.39, 0.29) is 0 Å². The zero-order chi connectivity index (χ0) is 13.8. The summed E-state index contributed by atoms with van der Waals surface area (Å²) in [5.41, 5.74) is 8.77. The smallest absolute Gasteiger partial charge is 0.208 e. The summed E-state index contributed by atoms with van der Waals surface area (Å²) in [5, 5.41) is 0. The average molecular weight is 271 g/mol. The van der Waals surface area contributed by atoms with E-state index in [1.807, 2.05) is 32.0 Å². The zero-order valence-electron chi connectivity index (χ0n) is 11.1. The monoisotopic (exact) mass is 271 g/mol. The average Bonchev–Trinajstić information content (AvgIpc) is 2.27. The molecule has 0 aliphatic heterocycles. The molecule has 3 N–H and O–H groups in total. The molecule has 6 heteroatoms. The topological polar surface area (TPSA) is 75.4 Å². The van der Waals surface area contributed by atoms with Gasteiger partial charge in [-0.2, -0.15) is 0 Å². The lowest BCUT2D eigenvalue weighted by Crippen LogP contribution is -2.34. The highest BCUT2D eigenvalue weighted by molar-refractivity contribution is 7.88. The van der Waals surface area contributed by atoms with Gasteiger partial charge in [-0.3, -0.25) is 0 Å². The van der Waals surface area contributed by atoms with E-state index >= 15 is 0 Å². The van der Waals surface area contributed by atoms with Gasteiger partial charge in [0.2, 0.25) is 10.0 Å². The Morgan fingerprint density at radius 2 is 2.06 bits per heavy atom. The molecular formula is C12H21N3O2S. The third kappa shape index (κ3) is 4.19. The van der Waals surface area contributed by atoms with Gasteiger partial charge in [-0.1, -0.05) is 12.1 Å². The van der Waals surface area contributed by atoms with Gasteiger partial charge in [-0.15, -0.1) is 0 Å². The third-order valence-electron chi connectivity index (χ3n) is 2.77. The van der Waals surface area contributed by atoms with Crippen molar-refractivity contribution in [3.63, 3.8) is 0 Å². The zero-order valence-corrected chi connectivity index (χ0v) is 11.9. The van der Waals surface area contributed by atoms with E-state index in [1.165, 1.54) is 0 Å². The number of nitrogen functional groups attached to an aromatic ring is 1. The second-order valence-corrected chi connectivity index (χ2v) is 6.09. The first-order chi connectivity index (χ1) is 8.35. The van der Waals surface area contributed by atoms with Crippen molar-refractivity contribution < 1.29 is 8.42 Å². The van der Waals surface area contributed by atoms with Crippen LogP contribution in [-0.4, -0.2) is 34.3 Å². The summed E-state index contributed by atoms with van der Waals surface area (Å²) in [4.78, 5) is 2.06. The predicted molar refractivity (Wildman–Crippen MR) is 76.3 cm³/mol. The van der Waals surface area contributed by atoms with Crippen LogP contribution in [0.3, 0.4) is 0 Å². The van der Waals surface area contributed by atoms with Crippen molar-refractivity contribution in [3.8, 4) is 0 Å². The van der Waals surface area contributed by atoms with Crippen LogP contribution in [0.25, 0.3) is 0 Å². The van der Waals surface area contributed by atoms with Crippen LogP contribution in [0.15, 0.2) is 18.2 Å². The number of likely N-dealkylation sites (N-methyl/N-ethyl adjacent to an activating group) is 1. The van der Waals surface area contributed by atoms with Crippen molar-refractivity contribution in [2.45, 2.75) is 13.8 Å². The first-order valence-electron chi connectivity index (χ1n) is 5.90. The van der Waals surface area contributed by atoms with Gasteiger partial charge < -0.3 is 10.6 Å². The summed E-state index contributed by atoms with van der Waals surface area (Å²) in [6.07, 6.45) is 1.16. The van der Waals surface area contributed by atoms with E-state index in [0.29, 0.717) is 13.1 Å². The van der Waals surface area contributed by atoms with Crippen molar-refractivity contribution in [1.82, 2.24) is 4.72 Å². The van der Waals surface area contributed by atoms with Crippen LogP contribution < -0.4 is 15.4 Å². The van der Waals surface area contributed by atoms with Gasteiger partial charge in [0.15, 0.2) is 0 Å². The number of benzene rings is 1. The summed E-state index contributed by atoms with van der Waals surface area (Å²) in [5.74, 6) is 0. The molecule has 0 aliphatic rings. The molecule has 1 aromatic carbocycles. The van der Waals surface area contributed by atoms with Crippen LogP contribution >= 0.6 is 0 Å². The SMILES string of the molecule is CCN(CCNS(C)(=O)=O)c1cccc(C)c1N. The van der Waals surface area contributed by atoms with Crippen LogP contribution in [0.1, 0.15) is 12.5 Å². The van der Waals surface area contributed by atoms with Crippen molar-refractivity contribution in [2.75, 3.05) is 36.5 Å². The van der Waals surface area contributed by atoms with E-state index in [1.54, 1.807) is 0 Å². The predicted octanol–water partition coefficient (Wildman–Crippen LogP) is 0.953. The highest BCUT2D eigenvalue weighted by Crippen LogP contribution is 2.25. The Morgan fingerprint density at radius 1 is 1.39 bits per heavy atom. The first-order valence-corrected chi connectivity index (χ1v) is 7.79. The van der Waals surface area contributed by atoms with Gasteiger partial charge in [-0.05, 0) is 25.5 Å². The summed E-state index contributed by atoms with van der Waals surface area (Å²) in [6.45, 7) is 5.72. The molecule has 102 valence electrons. The standard InChI is InChI=1S/C12H21N3O2S/c1-4-15(9-8-14-18(3,16)17)11-7-5-6-10(2)12(11)13/h5-7,14H,4,8-9,13H2,1-3H3. The van der Waals surface area contributed by atoms with E-state index in [4.69, 9.17) is 5.73 Å². The van der Waals surface area contributed by atoms with Crippen molar-refractivity contribution in [1.29, 1.82) is 0 Å². The minimum Gasteiger partial charge on any atom is -0.397 e. The van der Waals surface area contributed by atoms with Gasteiger partial charge >= 0.3 is 0 Å². The summed E-state index contributed by atoms with van der Waals surface area (Å²) in [7, 11) is -3.14. The normalized spacial score (nSPS) is 11.5. The second-order valence-electron chi connectivity index (χ2n) is 4.25. The molecule has 0 saturated carbocycles. The number of para-hydroxylation sites is 1. The Hall–Kier alpha value is -1.27. The quantitative estimate of drug-likeness (QED) is 0.755. The van der Waals surface area contributed by atoms with Crippen molar-refractivity contribution >= 4 is 21.4 Å². The first kappa shape index (κ1) is 14.8. The fraction of sp³-hybridized carbons (Fsp3) is 0.500. The summed E-state index contributed by atoms with van der Waals surface area (Å²) >= 11 is 0. The van der Waals surface area contributed by atoms with E-state index in [2.05, 4.69) is 9.62 Å². The molecule has 0 aliphatic carbocycles. The van der Waals surface area contributed by atoms with Crippen molar-refractivity contribution in [2.24, 2.45) is 0 Å². The Labute approximate surface area is 109 Å². The molecule has 0 fully saturated rings. The number of anilines is 2. The minimum atomic E-state index is -3.14. The number of hydrogen-bond donors (Lipinski definition) is 2. The molecule has 18 heavy (non-hydrogen) atoms. The number of rotatable bonds is 6. The molecule has 0 radical (unpaired) electrons. The van der Waals surface area contributed by atoms with Gasteiger partial charge in [-0.25, -0.2) is 13.1 Å². The maximum atomic E-state index is 11.0. The molecule has 0 bridgehead atoms. The van der Waals surface area contributed by atoms with E-state index in [9.17, 15) is 8.42 Å². The molecule has 0 spiro atoms. The maximum absolute atomic E-state index is 11.0. The highest BCUT2D eigenvalue weighted by atomic mass is 32.2. The van der Waals surface area contributed by atoms with Crippen molar-refractivity contribution in [3.05, 3.63) is 23.8 Å². The molecule has 0 unspecified atom stereocenters. The fourth-order valence-corrected chi connectivity index (χ4v) is 2.22. The number of nitrogens with zero attached hydrogens (tertiary/aromatic N) is 1. The molecule has 1 rings (SSSR count). The van der Waals surface area contributed by atoms with Gasteiger partial charge in [0, 0.05) is 19.6 Å². The largest absolute Gasteiger partial charge is 0.397 e. The Bertz CT molecular complexity index is 500. The molecule has 0 aromatic heterocycles. The number of nitrogens with one attached hydrogen (secondary N) is 1. The van der Waals surface area contributed by atoms with Gasteiger partial charge in [0.25, 0.3) is 0 Å².